The fourth-order valence-corrected chi connectivity index (χ4v) is 7.40. The number of nitrogens with zero attached hydrogens (tertiary/aromatic N) is 2. The predicted octanol–water partition coefficient (Wildman–Crippen LogP) is 5.10. The van der Waals surface area contributed by atoms with Gasteiger partial charge in [0.1, 0.15) is 5.75 Å². The normalized spacial score (nSPS) is 29.6. The minimum atomic E-state index is -0.708. The fraction of sp³-hybridized carbons (Fsp3) is 0.387. The lowest BCUT2D eigenvalue weighted by atomic mass is 9.67. The number of imide groups is 1. The summed E-state index contributed by atoms with van der Waals surface area (Å²) in [5.41, 5.74) is 2.47. The van der Waals surface area contributed by atoms with Crippen LogP contribution in [0.1, 0.15) is 49.3 Å². The van der Waals surface area contributed by atoms with E-state index >= 15 is 0 Å². The summed E-state index contributed by atoms with van der Waals surface area (Å²) in [5, 5.41) is 11.0. The minimum Gasteiger partial charge on any atom is -0.493 e. The average molecular weight is 493 g/mol. The number of amides is 2. The van der Waals surface area contributed by atoms with Crippen molar-refractivity contribution in [2.75, 3.05) is 11.5 Å². The molecular weight excluding hydrogens is 464 g/mol. The van der Waals surface area contributed by atoms with Crippen molar-refractivity contribution in [3.63, 3.8) is 0 Å². The van der Waals surface area contributed by atoms with Gasteiger partial charge in [0.2, 0.25) is 11.8 Å². The van der Waals surface area contributed by atoms with Crippen LogP contribution in [0.4, 0.5) is 5.69 Å². The van der Waals surface area contributed by atoms with Gasteiger partial charge in [0.05, 0.1) is 47.0 Å². The quantitative estimate of drug-likeness (QED) is 0.463. The van der Waals surface area contributed by atoms with Gasteiger partial charge in [0.15, 0.2) is 0 Å². The standard InChI is InChI=1S/C31H28N2O4/c1-30-13-14-31(37-30,15-16-36-22-11-9-19-5-4-6-20(19)17-22)27-26(30)28(34)33(29(27)35)25-12-10-21(18-32)23-7-2-3-8-24(23)25/h2-3,7-12,17,26-27H,4-6,13-16H2,1H3/t26-,27+,30-,31-/m0/s1. The third-order valence-electron chi connectivity index (χ3n) is 9.14. The summed E-state index contributed by atoms with van der Waals surface area (Å²) in [7, 11) is 0. The van der Waals surface area contributed by atoms with E-state index in [9.17, 15) is 14.9 Å². The van der Waals surface area contributed by atoms with E-state index < -0.39 is 23.0 Å². The molecule has 3 aromatic rings. The topological polar surface area (TPSA) is 79.6 Å². The van der Waals surface area contributed by atoms with E-state index in [1.807, 2.05) is 37.3 Å². The number of anilines is 1. The van der Waals surface area contributed by atoms with Crippen molar-refractivity contribution in [1.29, 1.82) is 5.26 Å². The van der Waals surface area contributed by atoms with Crippen LogP contribution in [0.25, 0.3) is 10.8 Å². The van der Waals surface area contributed by atoms with Gasteiger partial charge in [0, 0.05) is 17.2 Å². The predicted molar refractivity (Wildman–Crippen MR) is 138 cm³/mol. The fourth-order valence-electron chi connectivity index (χ4n) is 7.40. The molecule has 3 heterocycles. The summed E-state index contributed by atoms with van der Waals surface area (Å²) in [6.45, 7) is 2.41. The summed E-state index contributed by atoms with van der Waals surface area (Å²) < 4.78 is 12.7. The van der Waals surface area contributed by atoms with Gasteiger partial charge in [-0.25, -0.2) is 4.90 Å². The molecule has 7 rings (SSSR count). The third kappa shape index (κ3) is 3.13. The van der Waals surface area contributed by atoms with Gasteiger partial charge >= 0.3 is 0 Å². The van der Waals surface area contributed by atoms with E-state index in [0.29, 0.717) is 24.3 Å². The molecule has 0 aromatic heterocycles. The van der Waals surface area contributed by atoms with E-state index in [-0.39, 0.29) is 11.8 Å². The highest BCUT2D eigenvalue weighted by atomic mass is 16.5. The number of rotatable bonds is 5. The molecule has 3 saturated heterocycles. The Morgan fingerprint density at radius 1 is 1.00 bits per heavy atom. The number of nitriles is 1. The third-order valence-corrected chi connectivity index (χ3v) is 9.14. The number of ether oxygens (including phenoxy) is 2. The summed E-state index contributed by atoms with van der Waals surface area (Å²) >= 11 is 0. The molecule has 37 heavy (non-hydrogen) atoms. The Kier molecular flexibility index (Phi) is 4.81. The molecule has 0 saturated carbocycles. The molecule has 2 bridgehead atoms. The maximum atomic E-state index is 14.0. The van der Waals surface area contributed by atoms with Crippen LogP contribution in [0.15, 0.2) is 54.6 Å². The number of aryl methyl sites for hydroxylation is 2. The Bertz CT molecular complexity index is 1520. The Balaban J connectivity index is 1.19. The number of carbonyl (C=O) groups excluding carboxylic acids is 2. The van der Waals surface area contributed by atoms with Crippen LogP contribution in [-0.4, -0.2) is 29.6 Å². The summed E-state index contributed by atoms with van der Waals surface area (Å²) in [4.78, 5) is 29.2. The van der Waals surface area contributed by atoms with Gasteiger partial charge in [-0.3, -0.25) is 9.59 Å². The zero-order valence-electron chi connectivity index (χ0n) is 20.8. The average Bonchev–Trinajstić information content (AvgIpc) is 3.63. The zero-order chi connectivity index (χ0) is 25.4. The lowest BCUT2D eigenvalue weighted by Crippen LogP contribution is -2.43. The number of carbonyl (C=O) groups is 2. The monoisotopic (exact) mass is 492 g/mol. The van der Waals surface area contributed by atoms with Crippen LogP contribution in [0, 0.1) is 23.2 Å². The molecule has 3 fully saturated rings. The second kappa shape index (κ2) is 7.90. The Morgan fingerprint density at radius 3 is 2.62 bits per heavy atom. The first-order valence-corrected chi connectivity index (χ1v) is 13.2. The highest BCUT2D eigenvalue weighted by Gasteiger charge is 2.73. The molecule has 0 N–H and O–H groups in total. The van der Waals surface area contributed by atoms with Crippen molar-refractivity contribution in [3.8, 4) is 11.8 Å². The molecule has 0 radical (unpaired) electrons. The van der Waals surface area contributed by atoms with Gasteiger partial charge in [-0.05, 0) is 74.4 Å². The van der Waals surface area contributed by atoms with Crippen LogP contribution in [0.2, 0.25) is 0 Å². The van der Waals surface area contributed by atoms with Crippen LogP contribution in [0.3, 0.4) is 0 Å². The Morgan fingerprint density at radius 2 is 1.78 bits per heavy atom. The van der Waals surface area contributed by atoms with Crippen molar-refractivity contribution >= 4 is 28.3 Å². The molecular formula is C31H28N2O4. The Labute approximate surface area is 215 Å². The first-order chi connectivity index (χ1) is 17.9. The van der Waals surface area contributed by atoms with Gasteiger partial charge in [0.25, 0.3) is 0 Å². The van der Waals surface area contributed by atoms with Crippen molar-refractivity contribution in [2.45, 2.75) is 56.7 Å². The lowest BCUT2D eigenvalue weighted by Gasteiger charge is -2.31. The molecule has 186 valence electrons. The van der Waals surface area contributed by atoms with Crippen molar-refractivity contribution in [3.05, 3.63) is 71.3 Å². The van der Waals surface area contributed by atoms with Gasteiger partial charge < -0.3 is 9.47 Å². The van der Waals surface area contributed by atoms with Gasteiger partial charge in [-0.1, -0.05) is 30.3 Å². The summed E-state index contributed by atoms with van der Waals surface area (Å²) in [6, 6.07) is 19.4. The second-order valence-corrected chi connectivity index (χ2v) is 11.1. The first-order valence-electron chi connectivity index (χ1n) is 13.2. The molecule has 0 unspecified atom stereocenters. The summed E-state index contributed by atoms with van der Waals surface area (Å²) in [5.74, 6) is -0.592. The smallest absolute Gasteiger partial charge is 0.240 e. The molecule has 6 heteroatoms. The van der Waals surface area contributed by atoms with E-state index in [2.05, 4.69) is 18.2 Å². The van der Waals surface area contributed by atoms with Gasteiger partial charge in [-0.2, -0.15) is 5.26 Å². The zero-order valence-corrected chi connectivity index (χ0v) is 20.8. The first kappa shape index (κ1) is 22.5. The molecule has 2 amide bonds. The van der Waals surface area contributed by atoms with Crippen LogP contribution < -0.4 is 9.64 Å². The van der Waals surface area contributed by atoms with E-state index in [1.54, 1.807) is 12.1 Å². The van der Waals surface area contributed by atoms with Crippen LogP contribution in [0.5, 0.6) is 5.75 Å². The van der Waals surface area contributed by atoms with Gasteiger partial charge in [-0.15, -0.1) is 0 Å². The largest absolute Gasteiger partial charge is 0.493 e. The molecule has 3 aliphatic heterocycles. The number of benzene rings is 3. The lowest BCUT2D eigenvalue weighted by molar-refractivity contribution is -0.131. The highest BCUT2D eigenvalue weighted by Crippen LogP contribution is 2.62. The number of fused-ring (bicyclic) bond motifs is 7. The maximum absolute atomic E-state index is 14.0. The number of hydrogen-bond donors (Lipinski definition) is 0. The SMILES string of the molecule is C[C@@]12CC[C@@](CCOc3ccc4c(c3)CCC4)(O1)[C@H]1C(=O)N(c3ccc(C#N)c4ccccc34)C(=O)[C@H]12. The molecule has 6 nitrogen and oxygen atoms in total. The maximum Gasteiger partial charge on any atom is 0.240 e. The summed E-state index contributed by atoms with van der Waals surface area (Å²) in [6.07, 6.45) is 5.46. The molecule has 1 aliphatic carbocycles. The van der Waals surface area contributed by atoms with Crippen molar-refractivity contribution in [1.82, 2.24) is 0 Å². The second-order valence-electron chi connectivity index (χ2n) is 11.1. The van der Waals surface area contributed by atoms with E-state index in [4.69, 9.17) is 9.47 Å². The van der Waals surface area contributed by atoms with Crippen LogP contribution >= 0.6 is 0 Å². The van der Waals surface area contributed by atoms with Crippen LogP contribution in [-0.2, 0) is 27.2 Å². The molecule has 4 atom stereocenters. The molecule has 0 spiro atoms. The van der Waals surface area contributed by atoms with E-state index in [0.717, 1.165) is 42.2 Å². The highest BCUT2D eigenvalue weighted by molar-refractivity contribution is 6.26. The molecule has 3 aromatic carbocycles. The number of hydrogen-bond acceptors (Lipinski definition) is 5. The van der Waals surface area contributed by atoms with Crippen molar-refractivity contribution < 1.29 is 19.1 Å². The molecule has 4 aliphatic rings. The Hall–Kier alpha value is -3.69. The van der Waals surface area contributed by atoms with Crippen molar-refractivity contribution in [2.24, 2.45) is 11.8 Å². The van der Waals surface area contributed by atoms with E-state index in [1.165, 1.54) is 22.4 Å². The minimum absolute atomic E-state index is 0.200.